The maximum absolute atomic E-state index is 13.3. The molecule has 4 saturated heterocycles. The predicted molar refractivity (Wildman–Crippen MR) is 139 cm³/mol. The fourth-order valence-corrected chi connectivity index (χ4v) is 8.02. The van der Waals surface area contributed by atoms with Crippen LogP contribution in [0.1, 0.15) is 72.1 Å². The molecule has 0 radical (unpaired) electrons. The van der Waals surface area contributed by atoms with Gasteiger partial charge in [0.1, 0.15) is 11.1 Å². The molecule has 5 fully saturated rings. The summed E-state index contributed by atoms with van der Waals surface area (Å²) >= 11 is 1.74. The maximum Gasteiger partial charge on any atom is 0.410 e. The van der Waals surface area contributed by atoms with Gasteiger partial charge in [-0.3, -0.25) is 14.9 Å². The largest absolute Gasteiger partial charge is 0.444 e. The fourth-order valence-electron chi connectivity index (χ4n) is 6.56. The number of nitrogens with zero attached hydrogens (tertiary/aromatic N) is 2. The van der Waals surface area contributed by atoms with Gasteiger partial charge in [-0.05, 0) is 65.2 Å². The van der Waals surface area contributed by atoms with E-state index in [1.54, 1.807) is 16.7 Å². The van der Waals surface area contributed by atoms with E-state index in [4.69, 9.17) is 4.74 Å². The van der Waals surface area contributed by atoms with Gasteiger partial charge in [-0.25, -0.2) is 4.79 Å². The zero-order chi connectivity index (χ0) is 25.4. The van der Waals surface area contributed by atoms with Crippen LogP contribution >= 0.6 is 11.8 Å². The normalized spacial score (nSPS) is 35.2. The lowest BCUT2D eigenvalue weighted by Crippen LogP contribution is -2.54. The van der Waals surface area contributed by atoms with Crippen LogP contribution in [0, 0.1) is 11.8 Å². The lowest BCUT2D eigenvalue weighted by atomic mass is 9.85. The number of fused-ring (bicyclic) bond motifs is 2. The molecule has 0 aromatic carbocycles. The molecule has 4 heterocycles. The second-order valence-corrected chi connectivity index (χ2v) is 13.6. The number of piperidine rings is 2. The van der Waals surface area contributed by atoms with Gasteiger partial charge in [-0.1, -0.05) is 12.8 Å². The Kier molecular flexibility index (Phi) is 7.75. The Morgan fingerprint density at radius 2 is 1.64 bits per heavy atom. The van der Waals surface area contributed by atoms with Crippen LogP contribution in [0.3, 0.4) is 0 Å². The molecule has 1 aliphatic carbocycles. The highest BCUT2D eigenvalue weighted by molar-refractivity contribution is 8.00. The van der Waals surface area contributed by atoms with Crippen LogP contribution in [0.25, 0.3) is 0 Å². The average Bonchev–Trinajstić information content (AvgIpc) is 3.45. The molecule has 0 bridgehead atoms. The van der Waals surface area contributed by atoms with Crippen molar-refractivity contribution in [3.05, 3.63) is 0 Å². The Hall–Kier alpha value is -1.52. The molecule has 0 aromatic rings. The Balaban J connectivity index is 1.06. The molecule has 6 unspecified atom stereocenters. The summed E-state index contributed by atoms with van der Waals surface area (Å²) in [5, 5.41) is 10.7. The van der Waals surface area contributed by atoms with Gasteiger partial charge in [-0.15, -0.1) is 11.8 Å². The van der Waals surface area contributed by atoms with Gasteiger partial charge >= 0.3 is 6.09 Å². The van der Waals surface area contributed by atoms with Crippen molar-refractivity contribution in [2.45, 2.75) is 107 Å². The topological polar surface area (TPSA) is 103 Å². The molecule has 0 aromatic heterocycles. The standard InChI is InChI=1S/C26H43N5O4S/c1-26(2,3)35-25(34)30-11-8-16(9-12-30)22(32)29-24-28-19-10-13-31(15-21(19)36-24)23(33)20-14-17-6-4-5-7-18(17)27-20/h16-21,24,27-28H,4-15H2,1-3H3,(H,29,32). The van der Waals surface area contributed by atoms with Crippen molar-refractivity contribution in [3.8, 4) is 0 Å². The fraction of sp³-hybridized carbons (Fsp3) is 0.885. The van der Waals surface area contributed by atoms with Crippen LogP contribution in [0.4, 0.5) is 4.79 Å². The third-order valence-electron chi connectivity index (χ3n) is 8.50. The number of nitrogens with one attached hydrogen (secondary N) is 3. The minimum absolute atomic E-state index is 0.0175. The maximum atomic E-state index is 13.3. The first-order valence-corrected chi connectivity index (χ1v) is 14.9. The molecular weight excluding hydrogens is 478 g/mol. The van der Waals surface area contributed by atoms with E-state index in [0.717, 1.165) is 25.9 Å². The van der Waals surface area contributed by atoms with Gasteiger partial charge in [0.2, 0.25) is 11.8 Å². The van der Waals surface area contributed by atoms with Gasteiger partial charge in [0, 0.05) is 49.4 Å². The molecule has 202 valence electrons. The van der Waals surface area contributed by atoms with Gasteiger partial charge in [0.25, 0.3) is 0 Å². The molecule has 6 atom stereocenters. The van der Waals surface area contributed by atoms with E-state index in [2.05, 4.69) is 20.9 Å². The van der Waals surface area contributed by atoms with Crippen molar-refractivity contribution in [3.63, 3.8) is 0 Å². The number of amides is 3. The van der Waals surface area contributed by atoms with Crippen LogP contribution in [-0.2, 0) is 14.3 Å². The minimum Gasteiger partial charge on any atom is -0.444 e. The molecule has 10 heteroatoms. The summed E-state index contributed by atoms with van der Waals surface area (Å²) in [6.45, 7) is 8.19. The summed E-state index contributed by atoms with van der Waals surface area (Å²) in [5.41, 5.74) is -0.640. The first-order valence-electron chi connectivity index (χ1n) is 13.9. The van der Waals surface area contributed by atoms with Crippen molar-refractivity contribution >= 4 is 29.7 Å². The lowest BCUT2D eigenvalue weighted by Gasteiger charge is -2.35. The van der Waals surface area contributed by atoms with Gasteiger partial charge < -0.3 is 25.2 Å². The van der Waals surface area contributed by atoms with Crippen LogP contribution in [0.15, 0.2) is 0 Å². The third-order valence-corrected chi connectivity index (χ3v) is 9.85. The zero-order valence-electron chi connectivity index (χ0n) is 22.0. The monoisotopic (exact) mass is 521 g/mol. The molecule has 1 saturated carbocycles. The molecule has 4 aliphatic heterocycles. The molecule has 3 N–H and O–H groups in total. The van der Waals surface area contributed by atoms with E-state index in [9.17, 15) is 14.4 Å². The summed E-state index contributed by atoms with van der Waals surface area (Å²) in [5.74, 6) is 0.896. The van der Waals surface area contributed by atoms with Gasteiger partial charge in [0.15, 0.2) is 0 Å². The van der Waals surface area contributed by atoms with E-state index < -0.39 is 5.60 Å². The predicted octanol–water partition coefficient (Wildman–Crippen LogP) is 2.26. The SMILES string of the molecule is CC(C)(C)OC(=O)N1CCC(C(=O)NC2NC3CCN(C(=O)C4CC5CCCCC5N4)CC3S2)CC1. The number of carbonyl (C=O) groups excluding carboxylic acids is 3. The van der Waals surface area contributed by atoms with Crippen molar-refractivity contribution in [1.29, 1.82) is 0 Å². The van der Waals surface area contributed by atoms with E-state index in [1.165, 1.54) is 25.7 Å². The molecular formula is C26H43N5O4S. The van der Waals surface area contributed by atoms with E-state index in [1.807, 2.05) is 20.8 Å². The molecule has 5 aliphatic rings. The number of thioether (sulfide) groups is 1. The van der Waals surface area contributed by atoms with Gasteiger partial charge in [0.05, 0.1) is 6.04 Å². The van der Waals surface area contributed by atoms with Crippen molar-refractivity contribution in [2.75, 3.05) is 26.2 Å². The van der Waals surface area contributed by atoms with Crippen LogP contribution in [0.5, 0.6) is 0 Å². The smallest absolute Gasteiger partial charge is 0.410 e. The number of carbonyl (C=O) groups is 3. The second-order valence-electron chi connectivity index (χ2n) is 12.3. The summed E-state index contributed by atoms with van der Waals surface area (Å²) in [4.78, 5) is 42.3. The van der Waals surface area contributed by atoms with Gasteiger partial charge in [-0.2, -0.15) is 0 Å². The van der Waals surface area contributed by atoms with Crippen molar-refractivity contribution in [2.24, 2.45) is 11.8 Å². The summed E-state index contributed by atoms with van der Waals surface area (Å²) < 4.78 is 5.46. The highest BCUT2D eigenvalue weighted by Crippen LogP contribution is 2.36. The second kappa shape index (κ2) is 10.7. The summed E-state index contributed by atoms with van der Waals surface area (Å²) in [6.07, 6.45) is 7.95. The molecule has 36 heavy (non-hydrogen) atoms. The summed E-state index contributed by atoms with van der Waals surface area (Å²) in [7, 11) is 0. The van der Waals surface area contributed by atoms with Crippen LogP contribution < -0.4 is 16.0 Å². The number of ether oxygens (including phenoxy) is 1. The average molecular weight is 522 g/mol. The highest BCUT2D eigenvalue weighted by atomic mass is 32.2. The lowest BCUT2D eigenvalue weighted by molar-refractivity contribution is -0.134. The molecule has 5 rings (SSSR count). The summed E-state index contributed by atoms with van der Waals surface area (Å²) in [6, 6.07) is 0.830. The number of likely N-dealkylation sites (tertiary alicyclic amines) is 2. The van der Waals surface area contributed by atoms with E-state index >= 15 is 0 Å². The van der Waals surface area contributed by atoms with Crippen molar-refractivity contribution in [1.82, 2.24) is 25.8 Å². The zero-order valence-corrected chi connectivity index (χ0v) is 22.8. The highest BCUT2D eigenvalue weighted by Gasteiger charge is 2.44. The van der Waals surface area contributed by atoms with Crippen LogP contribution in [0.2, 0.25) is 0 Å². The first kappa shape index (κ1) is 26.1. The Labute approximate surface area is 219 Å². The number of hydrogen-bond donors (Lipinski definition) is 3. The van der Waals surface area contributed by atoms with Crippen LogP contribution in [-0.4, -0.2) is 88.4 Å². The Morgan fingerprint density at radius 1 is 0.917 bits per heavy atom. The third kappa shape index (κ3) is 5.96. The molecule has 0 spiro atoms. The Morgan fingerprint density at radius 3 is 2.36 bits per heavy atom. The first-order chi connectivity index (χ1) is 17.2. The van der Waals surface area contributed by atoms with E-state index in [0.29, 0.717) is 49.2 Å². The van der Waals surface area contributed by atoms with E-state index in [-0.39, 0.29) is 35.4 Å². The number of hydrogen-bond acceptors (Lipinski definition) is 7. The Bertz CT molecular complexity index is 829. The molecule has 9 nitrogen and oxygen atoms in total. The minimum atomic E-state index is -0.514. The number of rotatable bonds is 3. The molecule has 3 amide bonds. The van der Waals surface area contributed by atoms with Crippen molar-refractivity contribution < 1.29 is 19.1 Å². The quantitative estimate of drug-likeness (QED) is 0.524.